The molecule has 0 spiro atoms. The maximum Gasteiger partial charge on any atom is 0.338 e. The van der Waals surface area contributed by atoms with E-state index in [2.05, 4.69) is 20.2 Å². The van der Waals surface area contributed by atoms with E-state index in [1.54, 1.807) is 41.9 Å². The molecular formula is C53H72N6O17. The second-order valence-corrected chi connectivity index (χ2v) is 20.8. The van der Waals surface area contributed by atoms with Gasteiger partial charge in [0.2, 0.25) is 5.91 Å². The summed E-state index contributed by atoms with van der Waals surface area (Å²) in [7, 11) is 0. The molecule has 23 nitrogen and oxygen atoms in total. The number of nitrogens with zero attached hydrogens (tertiary/aromatic N) is 5. The second-order valence-electron chi connectivity index (χ2n) is 20.8. The topological polar surface area (TPSA) is 319 Å². The minimum Gasteiger partial charge on any atom is -0.479 e. The van der Waals surface area contributed by atoms with E-state index in [0.29, 0.717) is 25.9 Å². The van der Waals surface area contributed by atoms with Gasteiger partial charge in [-0.2, -0.15) is 0 Å². The number of nitro benzene ring substituents is 1. The lowest BCUT2D eigenvalue weighted by Crippen LogP contribution is -2.64. The monoisotopic (exact) mass is 1060 g/mol. The van der Waals surface area contributed by atoms with Crippen molar-refractivity contribution in [3.05, 3.63) is 88.4 Å². The fourth-order valence-electron chi connectivity index (χ4n) is 11.0. The standard InChI is InChI=1S/C53H72N6O17/c1-30-24-35(49(65)54-20-11-16-36-28-58(56-55-36)22-10-9-21-57-23-19-34-26-37(59(69)70)17-18-38(34)57)27-39(46(30)76-52-45(64)44(63)42(61)31(2)71-52)73-53-48(75-51(68)33-14-7-4-8-15-33)47(43(62)41(29-60)74-53)72-40(50(66)67)25-32-12-5-3-6-13-32/h4,7-8,14-15,17-19,23,26,28,30-32,35,39-48,52-53,60-64H,3,5-6,9-13,16,20-22,24-25,27,29H2,1-2H3,(H,54,65)(H,66,67)/t30-,31?,35?,39-,40+,41+,42-,43+,44?,45+,46?,47?,48?,52+,53-/m1/s1. The van der Waals surface area contributed by atoms with Crippen molar-refractivity contribution in [1.82, 2.24) is 24.9 Å². The highest BCUT2D eigenvalue weighted by atomic mass is 16.7. The molecule has 2 saturated heterocycles. The van der Waals surface area contributed by atoms with Crippen LogP contribution >= 0.6 is 0 Å². The summed E-state index contributed by atoms with van der Waals surface area (Å²) in [5, 5.41) is 88.6. The first-order chi connectivity index (χ1) is 36.6. The molecule has 1 amide bonds. The van der Waals surface area contributed by atoms with Gasteiger partial charge in [0.15, 0.2) is 24.8 Å². The molecule has 0 bridgehead atoms. The zero-order valence-corrected chi connectivity index (χ0v) is 42.8. The number of aliphatic hydroxyl groups excluding tert-OH is 5. The van der Waals surface area contributed by atoms with Crippen LogP contribution in [0.25, 0.3) is 10.9 Å². The quantitative estimate of drug-likeness (QED) is 0.0242. The van der Waals surface area contributed by atoms with Gasteiger partial charge in [-0.1, -0.05) is 62.4 Å². The maximum absolute atomic E-state index is 14.1. The predicted molar refractivity (Wildman–Crippen MR) is 268 cm³/mol. The molecule has 4 heterocycles. The summed E-state index contributed by atoms with van der Waals surface area (Å²) in [6, 6.07) is 14.7. The normalized spacial score (nSPS) is 30.7. The molecule has 2 aliphatic heterocycles. The summed E-state index contributed by atoms with van der Waals surface area (Å²) in [5.74, 6) is -3.64. The Bertz CT molecular complexity index is 2540. The van der Waals surface area contributed by atoms with Crippen molar-refractivity contribution < 1.29 is 78.4 Å². The number of fused-ring (bicyclic) bond motifs is 1. The van der Waals surface area contributed by atoms with Gasteiger partial charge in [0.1, 0.15) is 36.6 Å². The van der Waals surface area contributed by atoms with Gasteiger partial charge < -0.3 is 68.9 Å². The largest absolute Gasteiger partial charge is 0.479 e. The van der Waals surface area contributed by atoms with Gasteiger partial charge in [-0.15, -0.1) is 5.10 Å². The molecule has 2 aliphatic carbocycles. The summed E-state index contributed by atoms with van der Waals surface area (Å²) in [5.41, 5.74) is 1.85. The van der Waals surface area contributed by atoms with Crippen LogP contribution in [0.5, 0.6) is 0 Å². The van der Waals surface area contributed by atoms with E-state index in [-0.39, 0.29) is 42.3 Å². The molecule has 416 valence electrons. The number of ether oxygens (including phenoxy) is 6. The third-order valence-electron chi connectivity index (χ3n) is 15.3. The SMILES string of the molecule is CC1O[C@@H](OC2[C@H](C)CC(C(=O)NCCCc3cn(CCCCn4ccc5cc([N+](=O)[O-])ccc54)nn3)C[C@H]2O[C@@H]2O[C@@H](CO)[C@H](O)C(O[C@@H](CC3CCCCC3)C(=O)O)C2OC(=O)c2ccccc2)[C@@H](O)C(O)[C@@H]1O. The molecule has 2 aromatic carbocycles. The Morgan fingerprint density at radius 1 is 0.868 bits per heavy atom. The molecule has 2 aromatic heterocycles. The second kappa shape index (κ2) is 26.3. The number of non-ortho nitro benzene ring substituents is 1. The number of aliphatic hydroxyl groups is 5. The number of nitrogens with one attached hydrogen (secondary N) is 1. The molecule has 4 fully saturated rings. The number of nitro groups is 1. The van der Waals surface area contributed by atoms with E-state index in [1.807, 2.05) is 18.5 Å². The van der Waals surface area contributed by atoms with Crippen LogP contribution < -0.4 is 5.32 Å². The van der Waals surface area contributed by atoms with Gasteiger partial charge >= 0.3 is 11.9 Å². The minimum absolute atomic E-state index is 0.0295. The van der Waals surface area contributed by atoms with E-state index < -0.39 is 115 Å². The van der Waals surface area contributed by atoms with Gasteiger partial charge in [0.05, 0.1) is 41.1 Å². The summed E-state index contributed by atoms with van der Waals surface area (Å²) in [6.45, 7) is 4.20. The first-order valence-corrected chi connectivity index (χ1v) is 26.6. The predicted octanol–water partition coefficient (Wildman–Crippen LogP) is 3.43. The van der Waals surface area contributed by atoms with Crippen LogP contribution in [0.1, 0.15) is 101 Å². The highest BCUT2D eigenvalue weighted by Crippen LogP contribution is 2.39. The number of carboxylic acid groups (broad SMARTS) is 1. The number of benzene rings is 2. The van der Waals surface area contributed by atoms with Crippen molar-refractivity contribution >= 4 is 34.4 Å². The van der Waals surface area contributed by atoms with Crippen molar-refractivity contribution in [2.75, 3.05) is 13.2 Å². The summed E-state index contributed by atoms with van der Waals surface area (Å²) in [4.78, 5) is 51.6. The van der Waals surface area contributed by atoms with Gasteiger partial charge in [-0.3, -0.25) is 19.6 Å². The van der Waals surface area contributed by atoms with Gasteiger partial charge in [0.25, 0.3) is 5.69 Å². The highest BCUT2D eigenvalue weighted by Gasteiger charge is 2.54. The summed E-state index contributed by atoms with van der Waals surface area (Å²) in [6.07, 6.45) is -7.37. The summed E-state index contributed by atoms with van der Waals surface area (Å²) >= 11 is 0. The van der Waals surface area contributed by atoms with Crippen LogP contribution in [0.4, 0.5) is 5.69 Å². The number of unbranched alkanes of at least 4 members (excludes halogenated alkanes) is 1. The molecule has 4 aromatic rings. The molecule has 15 atom stereocenters. The van der Waals surface area contributed by atoms with Gasteiger partial charge in [-0.25, -0.2) is 9.59 Å². The molecule has 76 heavy (non-hydrogen) atoms. The number of hydrogen-bond donors (Lipinski definition) is 7. The average molecular weight is 1070 g/mol. The van der Waals surface area contributed by atoms with Crippen LogP contribution in [0.2, 0.25) is 0 Å². The Balaban J connectivity index is 0.942. The number of carboxylic acids is 1. The zero-order valence-electron chi connectivity index (χ0n) is 42.8. The third kappa shape index (κ3) is 14.0. The average Bonchev–Trinajstić information content (AvgIpc) is 4.08. The van der Waals surface area contributed by atoms with E-state index in [1.165, 1.54) is 25.1 Å². The lowest BCUT2D eigenvalue weighted by atomic mass is 9.77. The summed E-state index contributed by atoms with van der Waals surface area (Å²) < 4.78 is 41.3. The zero-order chi connectivity index (χ0) is 54.0. The van der Waals surface area contributed by atoms with E-state index in [0.717, 1.165) is 68.1 Å². The number of hydrogen-bond acceptors (Lipinski definition) is 18. The highest BCUT2D eigenvalue weighted by molar-refractivity contribution is 5.89. The molecule has 6 unspecified atom stereocenters. The smallest absolute Gasteiger partial charge is 0.338 e. The number of carbonyl (C=O) groups excluding carboxylic acids is 2. The van der Waals surface area contributed by atoms with Crippen LogP contribution in [-0.2, 0) is 57.5 Å². The number of rotatable bonds is 23. The fourth-order valence-corrected chi connectivity index (χ4v) is 11.0. The van der Waals surface area contributed by atoms with Crippen molar-refractivity contribution in [2.24, 2.45) is 17.8 Å². The van der Waals surface area contributed by atoms with Crippen molar-refractivity contribution in [3.63, 3.8) is 0 Å². The number of aliphatic carboxylic acids is 1. The van der Waals surface area contributed by atoms with Crippen LogP contribution in [0, 0.1) is 27.9 Å². The maximum atomic E-state index is 14.1. The molecule has 0 radical (unpaired) electrons. The van der Waals surface area contributed by atoms with E-state index in [4.69, 9.17) is 28.4 Å². The molecule has 7 N–H and O–H groups in total. The van der Waals surface area contributed by atoms with Crippen LogP contribution in [0.3, 0.4) is 0 Å². The number of aryl methyl sites for hydroxylation is 3. The van der Waals surface area contributed by atoms with Gasteiger partial charge in [-0.05, 0) is 88.0 Å². The first kappa shape index (κ1) is 56.7. The lowest BCUT2D eigenvalue weighted by molar-refractivity contribution is -0.384. The van der Waals surface area contributed by atoms with Crippen molar-refractivity contribution in [1.29, 1.82) is 0 Å². The molecule has 8 rings (SSSR count). The molecule has 2 saturated carbocycles. The Morgan fingerprint density at radius 2 is 1.63 bits per heavy atom. The van der Waals surface area contributed by atoms with Crippen molar-refractivity contribution in [3.8, 4) is 0 Å². The minimum atomic E-state index is -1.70. The molecular weight excluding hydrogens is 993 g/mol. The fraction of sp³-hybridized carbons (Fsp3) is 0.642. The van der Waals surface area contributed by atoms with E-state index in [9.17, 15) is 55.1 Å². The van der Waals surface area contributed by atoms with Gasteiger partial charge in [0, 0.05) is 61.0 Å². The van der Waals surface area contributed by atoms with Crippen molar-refractivity contribution in [2.45, 2.75) is 184 Å². The number of aromatic nitrogens is 4. The Hall–Kier alpha value is -5.47. The van der Waals surface area contributed by atoms with Crippen LogP contribution in [0.15, 0.2) is 67.0 Å². The molecule has 4 aliphatic rings. The molecule has 23 heteroatoms. The van der Waals surface area contributed by atoms with E-state index >= 15 is 0 Å². The number of esters is 1. The van der Waals surface area contributed by atoms with Crippen LogP contribution in [-0.4, -0.2) is 166 Å². The number of carbonyl (C=O) groups is 3. The Kier molecular flexibility index (Phi) is 19.6. The first-order valence-electron chi connectivity index (χ1n) is 26.6. The third-order valence-corrected chi connectivity index (χ3v) is 15.3. The number of amides is 1. The Morgan fingerprint density at radius 3 is 2.37 bits per heavy atom. The Labute approximate surface area is 439 Å². The lowest BCUT2D eigenvalue weighted by Gasteiger charge is -2.48.